The summed E-state index contributed by atoms with van der Waals surface area (Å²) in [6, 6.07) is 5.73. The van der Waals surface area contributed by atoms with E-state index in [0.717, 1.165) is 28.6 Å². The van der Waals surface area contributed by atoms with Gasteiger partial charge in [0.05, 0.1) is 0 Å². The van der Waals surface area contributed by atoms with Gasteiger partial charge in [0.25, 0.3) is 5.91 Å². The van der Waals surface area contributed by atoms with Crippen LogP contribution in [-0.2, 0) is 14.4 Å². The highest BCUT2D eigenvalue weighted by Crippen LogP contribution is 2.25. The summed E-state index contributed by atoms with van der Waals surface area (Å²) >= 11 is 1.10. The van der Waals surface area contributed by atoms with Crippen LogP contribution in [0.4, 0.5) is 5.69 Å². The number of hydrogen-bond donors (Lipinski definition) is 2. The molecule has 22 heavy (non-hydrogen) atoms. The van der Waals surface area contributed by atoms with Gasteiger partial charge in [0.1, 0.15) is 5.25 Å². The molecule has 0 saturated heterocycles. The summed E-state index contributed by atoms with van der Waals surface area (Å²) in [6.07, 6.45) is 0.0173. The summed E-state index contributed by atoms with van der Waals surface area (Å²) in [6.45, 7) is 5.23. The van der Waals surface area contributed by atoms with E-state index in [1.165, 1.54) is 6.92 Å². The predicted octanol–water partition coefficient (Wildman–Crippen LogP) is 1.77. The predicted molar refractivity (Wildman–Crippen MR) is 86.8 cm³/mol. The zero-order valence-electron chi connectivity index (χ0n) is 12.6. The lowest BCUT2D eigenvalue weighted by molar-refractivity contribution is -0.121. The molecule has 0 bridgehead atoms. The lowest BCUT2D eigenvalue weighted by Gasteiger charge is -2.11. The van der Waals surface area contributed by atoms with E-state index < -0.39 is 11.2 Å². The van der Waals surface area contributed by atoms with Gasteiger partial charge in [0.2, 0.25) is 11.8 Å². The van der Waals surface area contributed by atoms with E-state index >= 15 is 0 Å². The molecule has 6 nitrogen and oxygen atoms in total. The van der Waals surface area contributed by atoms with Crippen LogP contribution in [0.2, 0.25) is 0 Å². The molecule has 0 fully saturated rings. The Morgan fingerprint density at radius 1 is 1.27 bits per heavy atom. The number of nitrogens with one attached hydrogen (secondary N) is 2. The number of amidine groups is 1. The fourth-order valence-electron chi connectivity index (χ4n) is 2.04. The summed E-state index contributed by atoms with van der Waals surface area (Å²) in [5, 5.41) is 4.92. The van der Waals surface area contributed by atoms with Gasteiger partial charge in [-0.25, -0.2) is 0 Å². The number of aryl methyl sites for hydroxylation is 2. The standard InChI is InChI=1S/C15H17N3O3S/c1-8-4-5-11(9(2)6-8)17-13(20)7-12-14(21)18-15(22-12)16-10(3)19/h4-6,12H,7H2,1-3H3,(H,17,20)(H,16,18,19,21). The summed E-state index contributed by atoms with van der Waals surface area (Å²) in [4.78, 5) is 38.5. The molecule has 1 heterocycles. The molecule has 0 aliphatic carbocycles. The molecule has 1 aromatic rings. The average Bonchev–Trinajstić information content (AvgIpc) is 2.72. The minimum absolute atomic E-state index is 0.0173. The first-order valence-electron chi connectivity index (χ1n) is 6.79. The Morgan fingerprint density at radius 2 is 2.00 bits per heavy atom. The minimum atomic E-state index is -0.590. The monoisotopic (exact) mass is 319 g/mol. The quantitative estimate of drug-likeness (QED) is 0.889. The van der Waals surface area contributed by atoms with Gasteiger partial charge >= 0.3 is 0 Å². The Kier molecular flexibility index (Phi) is 4.97. The smallest absolute Gasteiger partial charge is 0.262 e. The van der Waals surface area contributed by atoms with Crippen molar-refractivity contribution in [3.8, 4) is 0 Å². The first-order chi connectivity index (χ1) is 10.3. The third-order valence-electron chi connectivity index (χ3n) is 3.05. The maximum atomic E-state index is 12.1. The largest absolute Gasteiger partial charge is 0.326 e. The van der Waals surface area contributed by atoms with Crippen molar-refractivity contribution in [2.45, 2.75) is 32.4 Å². The zero-order chi connectivity index (χ0) is 16.3. The van der Waals surface area contributed by atoms with Crippen molar-refractivity contribution < 1.29 is 14.4 Å². The minimum Gasteiger partial charge on any atom is -0.326 e. The fourth-order valence-corrected chi connectivity index (χ4v) is 3.05. The van der Waals surface area contributed by atoms with Crippen molar-refractivity contribution in [2.75, 3.05) is 5.32 Å². The first kappa shape index (κ1) is 16.2. The molecule has 2 rings (SSSR count). The highest BCUT2D eigenvalue weighted by molar-refractivity contribution is 8.15. The molecule has 0 saturated carbocycles. The van der Waals surface area contributed by atoms with Crippen molar-refractivity contribution in [3.05, 3.63) is 29.3 Å². The normalized spacial score (nSPS) is 17.1. The first-order valence-corrected chi connectivity index (χ1v) is 7.67. The molecular weight excluding hydrogens is 302 g/mol. The zero-order valence-corrected chi connectivity index (χ0v) is 13.4. The van der Waals surface area contributed by atoms with Crippen LogP contribution < -0.4 is 10.6 Å². The van der Waals surface area contributed by atoms with Crippen molar-refractivity contribution in [3.63, 3.8) is 0 Å². The van der Waals surface area contributed by atoms with Gasteiger partial charge < -0.3 is 10.6 Å². The molecule has 116 valence electrons. The van der Waals surface area contributed by atoms with E-state index in [1.807, 2.05) is 32.0 Å². The Morgan fingerprint density at radius 3 is 2.64 bits per heavy atom. The molecule has 1 aromatic carbocycles. The number of nitrogens with zero attached hydrogens (tertiary/aromatic N) is 1. The van der Waals surface area contributed by atoms with Crippen molar-refractivity contribution in [1.29, 1.82) is 0 Å². The summed E-state index contributed by atoms with van der Waals surface area (Å²) in [5.41, 5.74) is 2.81. The van der Waals surface area contributed by atoms with Crippen molar-refractivity contribution in [2.24, 2.45) is 4.99 Å². The molecule has 0 aromatic heterocycles. The summed E-state index contributed by atoms with van der Waals surface area (Å²) in [5.74, 6) is -0.943. The number of aliphatic imine (C=N–C) groups is 1. The number of carbonyl (C=O) groups is 3. The molecule has 2 N–H and O–H groups in total. The van der Waals surface area contributed by atoms with E-state index in [2.05, 4.69) is 15.6 Å². The lowest BCUT2D eigenvalue weighted by Crippen LogP contribution is -2.25. The van der Waals surface area contributed by atoms with Gasteiger partial charge in [0, 0.05) is 19.0 Å². The van der Waals surface area contributed by atoms with Gasteiger partial charge in [-0.3, -0.25) is 14.4 Å². The van der Waals surface area contributed by atoms with Crippen LogP contribution in [-0.4, -0.2) is 28.1 Å². The molecule has 1 atom stereocenters. The van der Waals surface area contributed by atoms with E-state index in [1.54, 1.807) is 0 Å². The Balaban J connectivity index is 1.93. The second-order valence-electron chi connectivity index (χ2n) is 5.11. The SMILES string of the molecule is CC(=O)NC1=NC(=O)C(CC(=O)Nc2ccc(C)cc2C)S1. The molecule has 3 amide bonds. The van der Waals surface area contributed by atoms with E-state index in [9.17, 15) is 14.4 Å². The van der Waals surface area contributed by atoms with E-state index in [0.29, 0.717) is 0 Å². The number of benzene rings is 1. The molecule has 0 spiro atoms. The van der Waals surface area contributed by atoms with Crippen LogP contribution in [0.15, 0.2) is 23.2 Å². The maximum absolute atomic E-state index is 12.1. The topological polar surface area (TPSA) is 87.6 Å². The van der Waals surface area contributed by atoms with Crippen LogP contribution in [0, 0.1) is 13.8 Å². The Labute approximate surface area is 132 Å². The van der Waals surface area contributed by atoms with Crippen LogP contribution in [0.3, 0.4) is 0 Å². The average molecular weight is 319 g/mol. The second kappa shape index (κ2) is 6.74. The van der Waals surface area contributed by atoms with Gasteiger partial charge in [-0.1, -0.05) is 29.5 Å². The third kappa shape index (κ3) is 4.17. The van der Waals surface area contributed by atoms with Crippen LogP contribution >= 0.6 is 11.8 Å². The van der Waals surface area contributed by atoms with Gasteiger partial charge in [0.15, 0.2) is 5.17 Å². The van der Waals surface area contributed by atoms with E-state index in [-0.39, 0.29) is 23.4 Å². The molecule has 1 unspecified atom stereocenters. The van der Waals surface area contributed by atoms with Crippen LogP contribution in [0.5, 0.6) is 0 Å². The highest BCUT2D eigenvalue weighted by Gasteiger charge is 2.31. The number of hydrogen-bond acceptors (Lipinski definition) is 4. The number of amides is 3. The maximum Gasteiger partial charge on any atom is 0.262 e. The highest BCUT2D eigenvalue weighted by atomic mass is 32.2. The summed E-state index contributed by atoms with van der Waals surface area (Å²) in [7, 11) is 0. The van der Waals surface area contributed by atoms with E-state index in [4.69, 9.17) is 0 Å². The van der Waals surface area contributed by atoms with Crippen molar-refractivity contribution in [1.82, 2.24) is 5.32 Å². The lowest BCUT2D eigenvalue weighted by atomic mass is 10.1. The van der Waals surface area contributed by atoms with Crippen LogP contribution in [0.1, 0.15) is 24.5 Å². The number of carbonyl (C=O) groups excluding carboxylic acids is 3. The number of anilines is 1. The van der Waals surface area contributed by atoms with Gasteiger partial charge in [-0.15, -0.1) is 0 Å². The third-order valence-corrected chi connectivity index (χ3v) is 4.12. The molecule has 1 aliphatic heterocycles. The number of thioether (sulfide) groups is 1. The molecule has 1 aliphatic rings. The van der Waals surface area contributed by atoms with Gasteiger partial charge in [-0.05, 0) is 25.5 Å². The molecule has 0 radical (unpaired) electrons. The molecule has 7 heteroatoms. The van der Waals surface area contributed by atoms with Crippen LogP contribution in [0.25, 0.3) is 0 Å². The molecular formula is C15H17N3O3S. The number of rotatable bonds is 3. The Hall–Kier alpha value is -2.15. The second-order valence-corrected chi connectivity index (χ2v) is 6.30. The summed E-state index contributed by atoms with van der Waals surface area (Å²) < 4.78 is 0. The van der Waals surface area contributed by atoms with Gasteiger partial charge in [-0.2, -0.15) is 4.99 Å². The fraction of sp³-hybridized carbons (Fsp3) is 0.333. The van der Waals surface area contributed by atoms with Crippen molar-refractivity contribution >= 4 is 40.3 Å². The Bertz CT molecular complexity index is 670.